The van der Waals surface area contributed by atoms with Gasteiger partial charge in [-0.1, -0.05) is 37.6 Å². The summed E-state index contributed by atoms with van der Waals surface area (Å²) < 4.78 is 22.1. The summed E-state index contributed by atoms with van der Waals surface area (Å²) in [5.74, 6) is 1.93. The van der Waals surface area contributed by atoms with Crippen molar-refractivity contribution in [2.24, 2.45) is 0 Å². The Hall–Kier alpha value is -1.78. The second-order valence-corrected chi connectivity index (χ2v) is 7.07. The van der Waals surface area contributed by atoms with Crippen LogP contribution in [0, 0.1) is 0 Å². The number of rotatable bonds is 12. The lowest BCUT2D eigenvalue weighted by Crippen LogP contribution is -2.22. The fourth-order valence-corrected chi connectivity index (χ4v) is 3.15. The molecule has 0 spiro atoms. The van der Waals surface area contributed by atoms with Crippen LogP contribution in [0.2, 0.25) is 0 Å². The van der Waals surface area contributed by atoms with E-state index in [0.29, 0.717) is 26.4 Å². The molecule has 4 nitrogen and oxygen atoms in total. The van der Waals surface area contributed by atoms with Crippen molar-refractivity contribution in [3.63, 3.8) is 0 Å². The molecule has 0 aliphatic heterocycles. The summed E-state index contributed by atoms with van der Waals surface area (Å²) in [6.07, 6.45) is 6.28. The zero-order valence-electron chi connectivity index (χ0n) is 17.3. The van der Waals surface area contributed by atoms with Gasteiger partial charge in [-0.2, -0.15) is 0 Å². The van der Waals surface area contributed by atoms with Crippen molar-refractivity contribution in [2.45, 2.75) is 46.0 Å². The molecule has 0 saturated carbocycles. The van der Waals surface area contributed by atoms with E-state index in [-0.39, 0.29) is 5.41 Å². The minimum absolute atomic E-state index is 0.0167. The lowest BCUT2D eigenvalue weighted by Gasteiger charge is -2.31. The summed E-state index contributed by atoms with van der Waals surface area (Å²) in [7, 11) is 0. The molecule has 1 aliphatic carbocycles. The molecule has 0 saturated heterocycles. The Bertz CT molecular complexity index is 614. The monoisotopic (exact) mass is 374 g/mol. The minimum Gasteiger partial charge on any atom is -0.496 e. The van der Waals surface area contributed by atoms with Gasteiger partial charge in [-0.15, -0.1) is 0 Å². The first kappa shape index (κ1) is 21.5. The van der Waals surface area contributed by atoms with Gasteiger partial charge < -0.3 is 18.9 Å². The highest BCUT2D eigenvalue weighted by molar-refractivity contribution is 5.40. The van der Waals surface area contributed by atoms with E-state index in [1.54, 1.807) is 0 Å². The third kappa shape index (κ3) is 6.71. The third-order valence-corrected chi connectivity index (χ3v) is 4.91. The standard InChI is InChI=1S/C23H34O4/c1-5-24-15-17-26-21-11-7-19(8-12-21)23(3,4)20-9-13-22(14-10-20)27-18-16-25-6-2/h7-9,11-13H,5-6,10,14-18H2,1-4H3. The summed E-state index contributed by atoms with van der Waals surface area (Å²) in [5, 5.41) is 0. The van der Waals surface area contributed by atoms with Crippen molar-refractivity contribution >= 4 is 0 Å². The molecule has 0 unspecified atom stereocenters. The number of hydrogen-bond donors (Lipinski definition) is 0. The third-order valence-electron chi connectivity index (χ3n) is 4.91. The highest BCUT2D eigenvalue weighted by Crippen LogP contribution is 2.37. The number of benzene rings is 1. The van der Waals surface area contributed by atoms with Crippen LogP contribution in [0.3, 0.4) is 0 Å². The Labute approximate surface area is 164 Å². The lowest BCUT2D eigenvalue weighted by atomic mass is 9.74. The van der Waals surface area contributed by atoms with E-state index in [1.807, 2.05) is 26.0 Å². The first-order valence-corrected chi connectivity index (χ1v) is 9.99. The van der Waals surface area contributed by atoms with Gasteiger partial charge in [-0.05, 0) is 44.0 Å². The Morgan fingerprint density at radius 2 is 1.41 bits per heavy atom. The van der Waals surface area contributed by atoms with E-state index >= 15 is 0 Å². The Kier molecular flexibility index (Phi) is 8.89. The van der Waals surface area contributed by atoms with Crippen LogP contribution >= 0.6 is 0 Å². The quantitative estimate of drug-likeness (QED) is 0.481. The first-order valence-electron chi connectivity index (χ1n) is 9.99. The van der Waals surface area contributed by atoms with Crippen molar-refractivity contribution in [1.82, 2.24) is 0 Å². The largest absolute Gasteiger partial charge is 0.496 e. The van der Waals surface area contributed by atoms with Crippen LogP contribution in [0.25, 0.3) is 0 Å². The average Bonchev–Trinajstić information content (AvgIpc) is 2.69. The van der Waals surface area contributed by atoms with Gasteiger partial charge in [-0.3, -0.25) is 0 Å². The van der Waals surface area contributed by atoms with E-state index in [9.17, 15) is 0 Å². The van der Waals surface area contributed by atoms with Crippen LogP contribution in [-0.2, 0) is 19.6 Å². The van der Waals surface area contributed by atoms with Gasteiger partial charge in [0.1, 0.15) is 19.0 Å². The topological polar surface area (TPSA) is 36.9 Å². The van der Waals surface area contributed by atoms with E-state index < -0.39 is 0 Å². The van der Waals surface area contributed by atoms with Crippen LogP contribution < -0.4 is 4.74 Å². The molecular formula is C23H34O4. The summed E-state index contributed by atoms with van der Waals surface area (Å²) in [6, 6.07) is 8.42. The highest BCUT2D eigenvalue weighted by Gasteiger charge is 2.26. The van der Waals surface area contributed by atoms with Gasteiger partial charge in [-0.25, -0.2) is 0 Å². The second-order valence-electron chi connectivity index (χ2n) is 7.07. The molecular weight excluding hydrogens is 340 g/mol. The van der Waals surface area contributed by atoms with Gasteiger partial charge in [0.2, 0.25) is 0 Å². The maximum Gasteiger partial charge on any atom is 0.119 e. The number of allylic oxidation sites excluding steroid dienone is 4. The molecule has 1 aliphatic rings. The fraction of sp³-hybridized carbons (Fsp3) is 0.565. The molecule has 1 aromatic rings. The smallest absolute Gasteiger partial charge is 0.119 e. The van der Waals surface area contributed by atoms with Crippen LogP contribution in [0.15, 0.2) is 47.7 Å². The number of hydrogen-bond acceptors (Lipinski definition) is 4. The molecule has 0 N–H and O–H groups in total. The average molecular weight is 375 g/mol. The minimum atomic E-state index is -0.0167. The van der Waals surface area contributed by atoms with Crippen LogP contribution in [-0.4, -0.2) is 39.6 Å². The van der Waals surface area contributed by atoms with E-state index in [1.165, 1.54) is 11.1 Å². The second kappa shape index (κ2) is 11.2. The molecule has 0 atom stereocenters. The van der Waals surface area contributed by atoms with Crippen LogP contribution in [0.1, 0.15) is 46.1 Å². The van der Waals surface area contributed by atoms with Gasteiger partial charge >= 0.3 is 0 Å². The lowest BCUT2D eigenvalue weighted by molar-refractivity contribution is 0.0802. The highest BCUT2D eigenvalue weighted by atomic mass is 16.5. The molecule has 0 bridgehead atoms. The Morgan fingerprint density at radius 3 is 1.96 bits per heavy atom. The van der Waals surface area contributed by atoms with Crippen molar-refractivity contribution in [1.29, 1.82) is 0 Å². The first-order chi connectivity index (χ1) is 13.1. The Balaban J connectivity index is 1.93. The van der Waals surface area contributed by atoms with Crippen molar-refractivity contribution < 1.29 is 18.9 Å². The summed E-state index contributed by atoms with van der Waals surface area (Å²) in [5.41, 5.74) is 2.70. The summed E-state index contributed by atoms with van der Waals surface area (Å²) >= 11 is 0. The summed E-state index contributed by atoms with van der Waals surface area (Å²) in [4.78, 5) is 0. The predicted octanol–water partition coefficient (Wildman–Crippen LogP) is 5.04. The molecule has 27 heavy (non-hydrogen) atoms. The molecule has 0 amide bonds. The Morgan fingerprint density at radius 1 is 0.778 bits per heavy atom. The molecule has 4 heteroatoms. The SMILES string of the molecule is CCOCCOC1=CC=C(C(C)(C)c2ccc(OCCOCC)cc2)CC1. The zero-order valence-corrected chi connectivity index (χ0v) is 17.3. The van der Waals surface area contributed by atoms with Crippen LogP contribution in [0.5, 0.6) is 5.75 Å². The molecule has 150 valence electrons. The molecule has 0 radical (unpaired) electrons. The summed E-state index contributed by atoms with van der Waals surface area (Å²) in [6.45, 7) is 12.5. The molecule has 0 aromatic heterocycles. The molecule has 1 aromatic carbocycles. The molecule has 0 heterocycles. The van der Waals surface area contributed by atoms with Gasteiger partial charge in [0.15, 0.2) is 0 Å². The van der Waals surface area contributed by atoms with E-state index in [2.05, 4.69) is 38.1 Å². The van der Waals surface area contributed by atoms with Gasteiger partial charge in [0, 0.05) is 25.0 Å². The van der Waals surface area contributed by atoms with E-state index in [0.717, 1.165) is 37.6 Å². The van der Waals surface area contributed by atoms with E-state index in [4.69, 9.17) is 18.9 Å². The molecule has 0 fully saturated rings. The van der Waals surface area contributed by atoms with Crippen molar-refractivity contribution in [2.75, 3.05) is 39.6 Å². The molecule has 2 rings (SSSR count). The normalized spacial score (nSPS) is 14.5. The predicted molar refractivity (Wildman–Crippen MR) is 109 cm³/mol. The van der Waals surface area contributed by atoms with Gasteiger partial charge in [0.05, 0.1) is 19.0 Å². The zero-order chi connectivity index (χ0) is 19.5. The van der Waals surface area contributed by atoms with Gasteiger partial charge in [0.25, 0.3) is 0 Å². The number of ether oxygens (including phenoxy) is 4. The maximum absolute atomic E-state index is 5.79. The van der Waals surface area contributed by atoms with Crippen LogP contribution in [0.4, 0.5) is 0 Å². The fourth-order valence-electron chi connectivity index (χ4n) is 3.15. The van der Waals surface area contributed by atoms with Crippen molar-refractivity contribution in [3.05, 3.63) is 53.3 Å². The van der Waals surface area contributed by atoms with Crippen molar-refractivity contribution in [3.8, 4) is 5.75 Å². The maximum atomic E-state index is 5.79.